The number of aromatic nitrogens is 4. The van der Waals surface area contributed by atoms with Crippen molar-refractivity contribution in [3.8, 4) is 22.5 Å². The lowest BCUT2D eigenvalue weighted by atomic mass is 10.0. The summed E-state index contributed by atoms with van der Waals surface area (Å²) in [6.45, 7) is 3.62. The Kier molecular flexibility index (Phi) is 6.06. The average Bonchev–Trinajstić information content (AvgIpc) is 2.88. The summed E-state index contributed by atoms with van der Waals surface area (Å²) in [5.41, 5.74) is 11.4. The standard InChI is InChI=1S/C27H24ClN6/c1-2-34-13-10-18(11-14-34)17-31-27-26(29)32-24(19-7-4-3-5-8-19)25(33-27)21-15-20-9-6-12-30-23(20)22(28)16-21/h3-16H,2,17H2,1H3,(H2,29,32)(H,31,33)/q+1. The molecule has 0 fully saturated rings. The van der Waals surface area contributed by atoms with Crippen molar-refractivity contribution in [2.24, 2.45) is 0 Å². The molecule has 0 saturated heterocycles. The molecule has 0 unspecified atom stereocenters. The number of anilines is 2. The average molecular weight is 468 g/mol. The van der Waals surface area contributed by atoms with Gasteiger partial charge in [0.25, 0.3) is 0 Å². The molecule has 0 bridgehead atoms. The normalized spacial score (nSPS) is 11.0. The summed E-state index contributed by atoms with van der Waals surface area (Å²) < 4.78 is 2.11. The summed E-state index contributed by atoms with van der Waals surface area (Å²) in [5, 5.41) is 4.85. The van der Waals surface area contributed by atoms with Crippen molar-refractivity contribution >= 4 is 34.1 Å². The number of halogens is 1. The minimum atomic E-state index is 0.343. The molecule has 0 amide bonds. The maximum Gasteiger partial charge on any atom is 0.169 e. The van der Waals surface area contributed by atoms with Crippen molar-refractivity contribution in [3.05, 3.63) is 95.9 Å². The van der Waals surface area contributed by atoms with E-state index in [1.54, 1.807) is 6.20 Å². The minimum absolute atomic E-state index is 0.343. The number of rotatable bonds is 6. The molecule has 6 nitrogen and oxygen atoms in total. The van der Waals surface area contributed by atoms with E-state index in [1.165, 1.54) is 0 Å². The summed E-state index contributed by atoms with van der Waals surface area (Å²) >= 11 is 6.59. The number of benzene rings is 2. The second kappa shape index (κ2) is 9.45. The summed E-state index contributed by atoms with van der Waals surface area (Å²) in [6.07, 6.45) is 5.85. The Labute approximate surface area is 203 Å². The zero-order chi connectivity index (χ0) is 23.5. The number of nitrogen functional groups attached to an aromatic ring is 1. The summed E-state index contributed by atoms with van der Waals surface area (Å²) in [4.78, 5) is 14.1. The Morgan fingerprint density at radius 1 is 0.912 bits per heavy atom. The number of hydrogen-bond acceptors (Lipinski definition) is 5. The summed E-state index contributed by atoms with van der Waals surface area (Å²) in [6, 6.07) is 21.9. The first-order valence-corrected chi connectivity index (χ1v) is 11.5. The van der Waals surface area contributed by atoms with Crippen LogP contribution in [-0.2, 0) is 13.1 Å². The Bertz CT molecular complexity index is 1450. The lowest BCUT2D eigenvalue weighted by molar-refractivity contribution is -0.693. The van der Waals surface area contributed by atoms with Gasteiger partial charge in [-0.3, -0.25) is 4.98 Å². The van der Waals surface area contributed by atoms with Crippen LogP contribution in [0, 0.1) is 0 Å². The molecular weight excluding hydrogens is 444 g/mol. The SMILES string of the molecule is CC[n+]1ccc(CNc2nc(-c3cc(Cl)c4ncccc4c3)c(-c3ccccc3)nc2N)cc1. The zero-order valence-electron chi connectivity index (χ0n) is 18.7. The molecule has 0 saturated carbocycles. The molecule has 5 rings (SSSR count). The van der Waals surface area contributed by atoms with Crippen molar-refractivity contribution in [1.29, 1.82) is 0 Å². The van der Waals surface area contributed by atoms with E-state index >= 15 is 0 Å². The van der Waals surface area contributed by atoms with E-state index in [-0.39, 0.29) is 0 Å². The first-order valence-electron chi connectivity index (χ1n) is 11.1. The van der Waals surface area contributed by atoms with Crippen molar-refractivity contribution in [3.63, 3.8) is 0 Å². The van der Waals surface area contributed by atoms with Crippen LogP contribution in [0.1, 0.15) is 12.5 Å². The van der Waals surface area contributed by atoms with E-state index in [2.05, 4.69) is 46.3 Å². The number of aryl methyl sites for hydroxylation is 1. The zero-order valence-corrected chi connectivity index (χ0v) is 19.5. The van der Waals surface area contributed by atoms with Crippen LogP contribution in [0.2, 0.25) is 5.02 Å². The number of hydrogen-bond donors (Lipinski definition) is 2. The monoisotopic (exact) mass is 467 g/mol. The molecule has 168 valence electrons. The fourth-order valence-corrected chi connectivity index (χ4v) is 4.14. The van der Waals surface area contributed by atoms with Gasteiger partial charge in [0.15, 0.2) is 24.0 Å². The van der Waals surface area contributed by atoms with Gasteiger partial charge in [-0.1, -0.05) is 48.0 Å². The molecule has 7 heteroatoms. The molecule has 34 heavy (non-hydrogen) atoms. The van der Waals surface area contributed by atoms with Gasteiger partial charge in [0, 0.05) is 41.4 Å². The smallest absolute Gasteiger partial charge is 0.169 e. The number of nitrogens with zero attached hydrogens (tertiary/aromatic N) is 4. The van der Waals surface area contributed by atoms with E-state index in [0.717, 1.165) is 34.1 Å². The molecule has 0 aliphatic rings. The van der Waals surface area contributed by atoms with Crippen LogP contribution in [0.15, 0.2) is 85.3 Å². The molecule has 3 heterocycles. The van der Waals surface area contributed by atoms with Crippen molar-refractivity contribution in [1.82, 2.24) is 15.0 Å². The second-order valence-electron chi connectivity index (χ2n) is 7.94. The second-order valence-corrected chi connectivity index (χ2v) is 8.35. The highest BCUT2D eigenvalue weighted by atomic mass is 35.5. The predicted molar refractivity (Wildman–Crippen MR) is 137 cm³/mol. The number of nitrogens with one attached hydrogen (secondary N) is 1. The van der Waals surface area contributed by atoms with Gasteiger partial charge in [-0.15, -0.1) is 0 Å². The van der Waals surface area contributed by atoms with E-state index in [4.69, 9.17) is 27.3 Å². The van der Waals surface area contributed by atoms with E-state index < -0.39 is 0 Å². The van der Waals surface area contributed by atoms with Crippen LogP contribution in [0.5, 0.6) is 0 Å². The topological polar surface area (TPSA) is 80.6 Å². The van der Waals surface area contributed by atoms with E-state index in [9.17, 15) is 0 Å². The molecule has 3 N–H and O–H groups in total. The van der Waals surface area contributed by atoms with Crippen LogP contribution in [0.3, 0.4) is 0 Å². The lowest BCUT2D eigenvalue weighted by Crippen LogP contribution is -2.30. The first-order chi connectivity index (χ1) is 16.6. The molecular formula is C27H24ClN6+. The maximum atomic E-state index is 6.59. The molecule has 0 radical (unpaired) electrons. The molecule has 0 aliphatic carbocycles. The lowest BCUT2D eigenvalue weighted by Gasteiger charge is -2.15. The molecule has 2 aromatic carbocycles. The summed E-state index contributed by atoms with van der Waals surface area (Å²) in [7, 11) is 0. The highest BCUT2D eigenvalue weighted by Crippen LogP contribution is 2.35. The fraction of sp³-hybridized carbons (Fsp3) is 0.111. The van der Waals surface area contributed by atoms with Gasteiger partial charge in [0.1, 0.15) is 6.54 Å². The Morgan fingerprint density at radius 3 is 2.44 bits per heavy atom. The van der Waals surface area contributed by atoms with Gasteiger partial charge in [0.2, 0.25) is 0 Å². The van der Waals surface area contributed by atoms with Gasteiger partial charge in [-0.05, 0) is 30.7 Å². The third-order valence-electron chi connectivity index (χ3n) is 5.69. The first kappa shape index (κ1) is 21.8. The van der Waals surface area contributed by atoms with Crippen LogP contribution in [0.4, 0.5) is 11.6 Å². The fourth-order valence-electron chi connectivity index (χ4n) is 3.86. The highest BCUT2D eigenvalue weighted by molar-refractivity contribution is 6.35. The molecule has 0 atom stereocenters. The van der Waals surface area contributed by atoms with Crippen LogP contribution in [0.25, 0.3) is 33.4 Å². The third kappa shape index (κ3) is 4.40. The van der Waals surface area contributed by atoms with Crippen molar-refractivity contribution in [2.75, 3.05) is 11.1 Å². The molecule has 0 aliphatic heterocycles. The number of nitrogens with two attached hydrogens (primary N) is 1. The van der Waals surface area contributed by atoms with E-state index in [1.807, 2.05) is 54.6 Å². The number of fused-ring (bicyclic) bond motifs is 1. The van der Waals surface area contributed by atoms with Crippen molar-refractivity contribution in [2.45, 2.75) is 20.0 Å². The predicted octanol–water partition coefficient (Wildman–Crippen LogP) is 5.51. The Balaban J connectivity index is 1.59. The van der Waals surface area contributed by atoms with Crippen LogP contribution < -0.4 is 15.6 Å². The quantitative estimate of drug-likeness (QED) is 0.322. The Morgan fingerprint density at radius 2 is 1.68 bits per heavy atom. The van der Waals surface area contributed by atoms with Gasteiger partial charge in [-0.2, -0.15) is 0 Å². The van der Waals surface area contributed by atoms with Gasteiger partial charge in [0.05, 0.1) is 21.9 Å². The van der Waals surface area contributed by atoms with Gasteiger partial charge in [-0.25, -0.2) is 14.5 Å². The molecule has 3 aromatic heterocycles. The van der Waals surface area contributed by atoms with Crippen LogP contribution in [-0.4, -0.2) is 15.0 Å². The minimum Gasteiger partial charge on any atom is -0.381 e. The maximum absolute atomic E-state index is 6.59. The van der Waals surface area contributed by atoms with E-state index in [0.29, 0.717) is 34.6 Å². The van der Waals surface area contributed by atoms with Crippen LogP contribution >= 0.6 is 11.6 Å². The molecule has 0 spiro atoms. The largest absolute Gasteiger partial charge is 0.381 e. The Hall–Kier alpha value is -4.03. The van der Waals surface area contributed by atoms with Crippen molar-refractivity contribution < 1.29 is 4.57 Å². The third-order valence-corrected chi connectivity index (χ3v) is 5.98. The number of pyridine rings is 2. The van der Waals surface area contributed by atoms with Gasteiger partial charge >= 0.3 is 0 Å². The summed E-state index contributed by atoms with van der Waals surface area (Å²) in [5.74, 6) is 0.875. The van der Waals surface area contributed by atoms with Gasteiger partial charge < -0.3 is 11.1 Å². The highest BCUT2D eigenvalue weighted by Gasteiger charge is 2.17. The molecule has 5 aromatic rings.